The van der Waals surface area contributed by atoms with Gasteiger partial charge in [-0.2, -0.15) is 0 Å². The molecule has 1 saturated carbocycles. The van der Waals surface area contributed by atoms with Crippen LogP contribution < -0.4 is 10.0 Å². The summed E-state index contributed by atoms with van der Waals surface area (Å²) in [5.41, 5.74) is 0. The van der Waals surface area contributed by atoms with Crippen LogP contribution in [0.25, 0.3) is 0 Å². The van der Waals surface area contributed by atoms with E-state index >= 15 is 0 Å². The number of nitrogens with zero attached hydrogens (tertiary/aromatic N) is 1. The predicted molar refractivity (Wildman–Crippen MR) is 78.5 cm³/mol. The third-order valence-corrected chi connectivity index (χ3v) is 6.03. The highest BCUT2D eigenvalue weighted by atomic mass is 32.2. The first-order valence-electron chi connectivity index (χ1n) is 7.29. The number of carboxylic acid groups (broad SMARTS) is 1. The van der Waals surface area contributed by atoms with Crippen LogP contribution in [0.15, 0.2) is 17.5 Å². The second-order valence-corrected chi connectivity index (χ2v) is 7.39. The molecule has 0 aliphatic heterocycles. The van der Waals surface area contributed by atoms with Gasteiger partial charge in [0, 0.05) is 23.1 Å². The molecule has 1 aromatic rings. The fourth-order valence-corrected chi connectivity index (χ4v) is 4.53. The molecule has 19 heavy (non-hydrogen) atoms. The van der Waals surface area contributed by atoms with Gasteiger partial charge in [-0.15, -0.1) is 0 Å². The van der Waals surface area contributed by atoms with Crippen molar-refractivity contribution >= 4 is 21.6 Å². The fraction of sp³-hybridized carbons (Fsp3) is 0.667. The van der Waals surface area contributed by atoms with Gasteiger partial charge in [0.2, 0.25) is 5.00 Å². The lowest BCUT2D eigenvalue weighted by molar-refractivity contribution is -0.246. The summed E-state index contributed by atoms with van der Waals surface area (Å²) in [5.74, 6) is 1.67. The second-order valence-electron chi connectivity index (χ2n) is 5.26. The Morgan fingerprint density at radius 3 is 2.79 bits per heavy atom. The molecule has 0 bridgehead atoms. The first kappa shape index (κ1) is 14.4. The molecule has 4 heteroatoms. The quantitative estimate of drug-likeness (QED) is 0.774. The summed E-state index contributed by atoms with van der Waals surface area (Å²) in [5, 5.41) is 14.4. The number of hydrogen-bond donors (Lipinski definition) is 0. The Balaban J connectivity index is 1.98. The van der Waals surface area contributed by atoms with E-state index in [1.807, 2.05) is 12.1 Å². The van der Waals surface area contributed by atoms with Gasteiger partial charge < -0.3 is 9.90 Å². The number of thiophene rings is 1. The number of carbonyl (C=O) groups excluding carboxylic acids is 1. The van der Waals surface area contributed by atoms with Crippen molar-refractivity contribution in [2.24, 2.45) is 5.92 Å². The molecule has 1 aliphatic rings. The summed E-state index contributed by atoms with van der Waals surface area (Å²) in [7, 11) is -0.0435. The molecular weight excluding hydrogens is 258 g/mol. The molecule has 1 aromatic heterocycles. The maximum atomic E-state index is 11.4. The molecule has 3 nitrogen and oxygen atoms in total. The van der Waals surface area contributed by atoms with Crippen molar-refractivity contribution in [1.82, 2.24) is 0 Å². The number of aryl methyl sites for hydroxylation is 1. The highest BCUT2D eigenvalue weighted by molar-refractivity contribution is 7.32. The van der Waals surface area contributed by atoms with Crippen LogP contribution in [0, 0.1) is 5.92 Å². The molecule has 1 aliphatic carbocycles. The highest BCUT2D eigenvalue weighted by Crippen LogP contribution is 2.35. The van der Waals surface area contributed by atoms with Crippen LogP contribution in [-0.4, -0.2) is 12.6 Å². The molecule has 1 fully saturated rings. The minimum absolute atomic E-state index is 0.0435. The SMILES string of the molecule is CC[s+]1cccc1N(CCC1CCCCC1)C(=O)[O-]. The zero-order chi connectivity index (χ0) is 13.7. The Hall–Kier alpha value is -1.03. The molecule has 1 amide bonds. The van der Waals surface area contributed by atoms with Crippen LogP contribution in [0.1, 0.15) is 45.4 Å². The van der Waals surface area contributed by atoms with E-state index in [9.17, 15) is 9.90 Å². The Kier molecular flexibility index (Phi) is 5.25. The van der Waals surface area contributed by atoms with Gasteiger partial charge in [0.15, 0.2) is 0 Å². The van der Waals surface area contributed by atoms with Crippen molar-refractivity contribution in [3.8, 4) is 0 Å². The summed E-state index contributed by atoms with van der Waals surface area (Å²) in [4.78, 5) is 12.8. The van der Waals surface area contributed by atoms with E-state index in [2.05, 4.69) is 12.3 Å². The number of carbonyl (C=O) groups is 1. The average molecular weight is 281 g/mol. The van der Waals surface area contributed by atoms with Gasteiger partial charge in [-0.1, -0.05) is 32.1 Å². The van der Waals surface area contributed by atoms with Crippen LogP contribution in [0.5, 0.6) is 0 Å². The lowest BCUT2D eigenvalue weighted by Crippen LogP contribution is -2.42. The van der Waals surface area contributed by atoms with Gasteiger partial charge in [0.1, 0.15) is 17.2 Å². The van der Waals surface area contributed by atoms with E-state index in [0.29, 0.717) is 12.5 Å². The maximum Gasteiger partial charge on any atom is 0.248 e. The molecule has 106 valence electrons. The topological polar surface area (TPSA) is 43.4 Å². The normalized spacial score (nSPS) is 17.4. The molecule has 0 aromatic carbocycles. The summed E-state index contributed by atoms with van der Waals surface area (Å²) in [6, 6.07) is 3.90. The number of anilines is 1. The molecule has 1 heterocycles. The molecule has 0 radical (unpaired) electrons. The van der Waals surface area contributed by atoms with Gasteiger partial charge in [-0.25, -0.2) is 0 Å². The summed E-state index contributed by atoms with van der Waals surface area (Å²) in [6.07, 6.45) is 6.41. The van der Waals surface area contributed by atoms with E-state index in [1.165, 1.54) is 37.0 Å². The first-order valence-corrected chi connectivity index (χ1v) is 8.74. The summed E-state index contributed by atoms with van der Waals surface area (Å²) < 4.78 is 0. The van der Waals surface area contributed by atoms with E-state index in [-0.39, 0.29) is 10.5 Å². The maximum absolute atomic E-state index is 11.4. The molecule has 0 saturated heterocycles. The van der Waals surface area contributed by atoms with Gasteiger partial charge in [0.05, 0.1) is 0 Å². The van der Waals surface area contributed by atoms with Crippen molar-refractivity contribution < 1.29 is 9.90 Å². The van der Waals surface area contributed by atoms with Crippen molar-refractivity contribution in [2.45, 2.75) is 51.2 Å². The van der Waals surface area contributed by atoms with Crippen LogP contribution in [0.2, 0.25) is 0 Å². The zero-order valence-electron chi connectivity index (χ0n) is 11.6. The lowest BCUT2D eigenvalue weighted by Gasteiger charge is -2.26. The van der Waals surface area contributed by atoms with Crippen LogP contribution in [0.3, 0.4) is 0 Å². The number of rotatable bonds is 5. The van der Waals surface area contributed by atoms with E-state index in [4.69, 9.17) is 0 Å². The fourth-order valence-electron chi connectivity index (χ4n) is 2.93. The third kappa shape index (κ3) is 3.72. The Bertz CT molecular complexity index is 410. The summed E-state index contributed by atoms with van der Waals surface area (Å²) >= 11 is 0. The van der Waals surface area contributed by atoms with Gasteiger partial charge in [-0.05, 0) is 25.3 Å². The average Bonchev–Trinajstić information content (AvgIpc) is 2.88. The van der Waals surface area contributed by atoms with Crippen LogP contribution in [-0.2, 0) is 5.75 Å². The van der Waals surface area contributed by atoms with E-state index < -0.39 is 6.09 Å². The minimum atomic E-state index is -1.04. The van der Waals surface area contributed by atoms with Gasteiger partial charge in [-0.3, -0.25) is 4.90 Å². The van der Waals surface area contributed by atoms with Crippen LogP contribution >= 0.6 is 10.5 Å². The standard InChI is InChI=1S/C15H23NO2S/c1-2-19-12-6-9-14(19)16(15(17)18)11-10-13-7-4-3-5-8-13/h6,9,12-13H,2-5,7-8,10-11H2,1H3. The zero-order valence-corrected chi connectivity index (χ0v) is 12.5. The second kappa shape index (κ2) is 6.94. The lowest BCUT2D eigenvalue weighted by atomic mass is 9.87. The van der Waals surface area contributed by atoms with E-state index in [0.717, 1.165) is 17.2 Å². The van der Waals surface area contributed by atoms with Crippen molar-refractivity contribution in [3.05, 3.63) is 17.5 Å². The first-order chi connectivity index (χ1) is 9.22. The number of hydrogen-bond acceptors (Lipinski definition) is 2. The Morgan fingerprint density at radius 2 is 2.16 bits per heavy atom. The minimum Gasteiger partial charge on any atom is -0.529 e. The van der Waals surface area contributed by atoms with E-state index in [1.54, 1.807) is 0 Å². The van der Waals surface area contributed by atoms with Gasteiger partial charge in [0.25, 0.3) is 0 Å². The van der Waals surface area contributed by atoms with Crippen LogP contribution in [0.4, 0.5) is 9.80 Å². The number of amides is 1. The molecular formula is C15H23NO2S. The smallest absolute Gasteiger partial charge is 0.248 e. The molecule has 0 spiro atoms. The summed E-state index contributed by atoms with van der Waals surface area (Å²) in [6.45, 7) is 2.70. The molecule has 1 atom stereocenters. The molecule has 1 unspecified atom stereocenters. The third-order valence-electron chi connectivity index (χ3n) is 4.03. The Morgan fingerprint density at radius 1 is 1.42 bits per heavy atom. The predicted octanol–water partition coefficient (Wildman–Crippen LogP) is 3.58. The molecule has 2 rings (SSSR count). The largest absolute Gasteiger partial charge is 0.529 e. The van der Waals surface area contributed by atoms with Crippen molar-refractivity contribution in [2.75, 3.05) is 11.4 Å². The van der Waals surface area contributed by atoms with Gasteiger partial charge >= 0.3 is 0 Å². The monoisotopic (exact) mass is 281 g/mol. The Labute approximate surface area is 118 Å². The van der Waals surface area contributed by atoms with Crippen molar-refractivity contribution in [3.63, 3.8) is 0 Å². The molecule has 0 N–H and O–H groups in total. The highest BCUT2D eigenvalue weighted by Gasteiger charge is 2.21. The van der Waals surface area contributed by atoms with Crippen molar-refractivity contribution in [1.29, 1.82) is 0 Å².